The largest absolute Gasteiger partial charge is 0.478 e. The fraction of sp³-hybridized carbons (Fsp3) is 0.462. The van der Waals surface area contributed by atoms with Crippen LogP contribution in [0.5, 0.6) is 0 Å². The van der Waals surface area contributed by atoms with E-state index in [2.05, 4.69) is 0 Å². The first-order valence-electron chi connectivity index (χ1n) is 6.21. The predicted molar refractivity (Wildman–Crippen MR) is 70.0 cm³/mol. The van der Waals surface area contributed by atoms with Crippen molar-refractivity contribution in [1.29, 1.82) is 0 Å². The summed E-state index contributed by atoms with van der Waals surface area (Å²) in [6.45, 7) is 3.76. The first-order chi connectivity index (χ1) is 9.04. The van der Waals surface area contributed by atoms with Crippen molar-refractivity contribution in [1.82, 2.24) is 0 Å². The van der Waals surface area contributed by atoms with Gasteiger partial charge in [0.15, 0.2) is 0 Å². The van der Waals surface area contributed by atoms with Crippen LogP contribution in [0.4, 0.5) is 15.8 Å². The third-order valence-corrected chi connectivity index (χ3v) is 3.35. The van der Waals surface area contributed by atoms with Crippen LogP contribution in [0.3, 0.4) is 0 Å². The smallest absolute Gasteiger partial charge is 0.338 e. The number of aromatic carboxylic acids is 1. The standard InChI is InChI=1S/C13H17FN2O3/c1-2-8-7-19-4-3-16(8)12-6-10(14)9(13(17)18)5-11(12)15/h5-6,8H,2-4,7,15H2,1H3,(H,17,18). The van der Waals surface area contributed by atoms with Crippen molar-refractivity contribution >= 4 is 17.3 Å². The summed E-state index contributed by atoms with van der Waals surface area (Å²) in [6.07, 6.45) is 0.849. The van der Waals surface area contributed by atoms with Crippen molar-refractivity contribution in [2.75, 3.05) is 30.4 Å². The van der Waals surface area contributed by atoms with Crippen LogP contribution >= 0.6 is 0 Å². The van der Waals surface area contributed by atoms with Gasteiger partial charge in [-0.2, -0.15) is 0 Å². The monoisotopic (exact) mass is 268 g/mol. The molecule has 2 rings (SSSR count). The maximum absolute atomic E-state index is 13.8. The van der Waals surface area contributed by atoms with Crippen LogP contribution in [0, 0.1) is 5.82 Å². The number of rotatable bonds is 3. The second-order valence-electron chi connectivity index (χ2n) is 4.53. The molecule has 1 unspecified atom stereocenters. The van der Waals surface area contributed by atoms with Crippen molar-refractivity contribution in [3.05, 3.63) is 23.5 Å². The van der Waals surface area contributed by atoms with Crippen molar-refractivity contribution < 1.29 is 19.0 Å². The van der Waals surface area contributed by atoms with Crippen LogP contribution in [0.1, 0.15) is 23.7 Å². The molecule has 1 aliphatic heterocycles. The van der Waals surface area contributed by atoms with E-state index in [9.17, 15) is 9.18 Å². The Morgan fingerprint density at radius 1 is 1.63 bits per heavy atom. The molecule has 1 aromatic carbocycles. The summed E-state index contributed by atoms with van der Waals surface area (Å²) < 4.78 is 19.2. The first-order valence-corrected chi connectivity index (χ1v) is 6.21. The van der Waals surface area contributed by atoms with Crippen LogP contribution in [0.2, 0.25) is 0 Å². The number of carboxylic acids is 1. The maximum atomic E-state index is 13.8. The number of ether oxygens (including phenoxy) is 1. The molecular formula is C13H17FN2O3. The van der Waals surface area contributed by atoms with Crippen molar-refractivity contribution in [3.8, 4) is 0 Å². The second kappa shape index (κ2) is 5.44. The normalized spacial score (nSPS) is 19.5. The summed E-state index contributed by atoms with van der Waals surface area (Å²) in [4.78, 5) is 12.8. The zero-order chi connectivity index (χ0) is 14.0. The number of benzene rings is 1. The molecule has 19 heavy (non-hydrogen) atoms. The highest BCUT2D eigenvalue weighted by Gasteiger charge is 2.25. The Kier molecular flexibility index (Phi) is 3.90. The van der Waals surface area contributed by atoms with E-state index < -0.39 is 17.3 Å². The summed E-state index contributed by atoms with van der Waals surface area (Å²) in [5.74, 6) is -2.08. The minimum absolute atomic E-state index is 0.131. The number of nitrogen functional groups attached to an aromatic ring is 1. The molecular weight excluding hydrogens is 251 g/mol. The van der Waals surface area contributed by atoms with E-state index >= 15 is 0 Å². The number of carbonyl (C=O) groups is 1. The molecule has 104 valence electrons. The first kappa shape index (κ1) is 13.6. The molecule has 0 bridgehead atoms. The van der Waals surface area contributed by atoms with Gasteiger partial charge in [0.2, 0.25) is 0 Å². The van der Waals surface area contributed by atoms with Crippen LogP contribution < -0.4 is 10.6 Å². The van der Waals surface area contributed by atoms with E-state index in [-0.39, 0.29) is 11.7 Å². The Hall–Kier alpha value is -1.82. The lowest BCUT2D eigenvalue weighted by atomic mass is 10.1. The van der Waals surface area contributed by atoms with Gasteiger partial charge in [0, 0.05) is 12.6 Å². The Bertz CT molecular complexity index is 493. The molecule has 6 heteroatoms. The summed E-state index contributed by atoms with van der Waals surface area (Å²) in [5.41, 5.74) is 6.28. The fourth-order valence-electron chi connectivity index (χ4n) is 2.30. The summed E-state index contributed by atoms with van der Waals surface area (Å²) in [6, 6.07) is 2.51. The van der Waals surface area contributed by atoms with Crippen LogP contribution in [-0.4, -0.2) is 36.9 Å². The van der Waals surface area contributed by atoms with Crippen LogP contribution in [0.15, 0.2) is 12.1 Å². The molecule has 1 heterocycles. The van der Waals surface area contributed by atoms with Crippen molar-refractivity contribution in [2.24, 2.45) is 0 Å². The Morgan fingerprint density at radius 2 is 2.37 bits per heavy atom. The lowest BCUT2D eigenvalue weighted by molar-refractivity contribution is 0.0692. The highest BCUT2D eigenvalue weighted by Crippen LogP contribution is 2.30. The highest BCUT2D eigenvalue weighted by molar-refractivity contribution is 5.91. The van der Waals surface area contributed by atoms with E-state index in [0.717, 1.165) is 6.42 Å². The lowest BCUT2D eigenvalue weighted by Gasteiger charge is -2.37. The SMILES string of the molecule is CCC1COCCN1c1cc(F)c(C(=O)O)cc1N. The highest BCUT2D eigenvalue weighted by atomic mass is 19.1. The Balaban J connectivity index is 2.39. The van der Waals surface area contributed by atoms with E-state index in [1.807, 2.05) is 11.8 Å². The number of nitrogens with zero attached hydrogens (tertiary/aromatic N) is 1. The molecule has 1 fully saturated rings. The van der Waals surface area contributed by atoms with Crippen LogP contribution in [0.25, 0.3) is 0 Å². The molecule has 0 saturated carbocycles. The molecule has 1 aromatic rings. The van der Waals surface area contributed by atoms with E-state index in [0.29, 0.717) is 25.4 Å². The quantitative estimate of drug-likeness (QED) is 0.816. The summed E-state index contributed by atoms with van der Waals surface area (Å²) in [7, 11) is 0. The average molecular weight is 268 g/mol. The topological polar surface area (TPSA) is 75.8 Å². The van der Waals surface area contributed by atoms with Gasteiger partial charge in [-0.3, -0.25) is 0 Å². The zero-order valence-electron chi connectivity index (χ0n) is 10.7. The molecule has 0 aliphatic carbocycles. The van der Waals surface area contributed by atoms with Gasteiger partial charge in [-0.1, -0.05) is 6.92 Å². The molecule has 5 nitrogen and oxygen atoms in total. The van der Waals surface area contributed by atoms with Gasteiger partial charge in [-0.05, 0) is 12.5 Å². The number of halogens is 1. The van der Waals surface area contributed by atoms with Gasteiger partial charge in [-0.25, -0.2) is 9.18 Å². The third-order valence-electron chi connectivity index (χ3n) is 3.35. The molecule has 3 N–H and O–H groups in total. The van der Waals surface area contributed by atoms with Gasteiger partial charge in [-0.15, -0.1) is 0 Å². The molecule has 1 atom stereocenters. The van der Waals surface area contributed by atoms with Gasteiger partial charge in [0.05, 0.1) is 36.2 Å². The van der Waals surface area contributed by atoms with E-state index in [1.54, 1.807) is 0 Å². The minimum atomic E-state index is -1.32. The Labute approximate surface area is 110 Å². The van der Waals surface area contributed by atoms with Gasteiger partial charge < -0.3 is 20.5 Å². The zero-order valence-corrected chi connectivity index (χ0v) is 10.7. The number of carboxylic acid groups (broad SMARTS) is 1. The van der Waals surface area contributed by atoms with Crippen molar-refractivity contribution in [3.63, 3.8) is 0 Å². The second-order valence-corrected chi connectivity index (χ2v) is 4.53. The third kappa shape index (κ3) is 2.63. The Morgan fingerprint density at radius 3 is 3.00 bits per heavy atom. The maximum Gasteiger partial charge on any atom is 0.338 e. The molecule has 1 saturated heterocycles. The number of nitrogens with two attached hydrogens (primary N) is 1. The molecule has 0 amide bonds. The van der Waals surface area contributed by atoms with Gasteiger partial charge in [0.1, 0.15) is 5.82 Å². The fourth-order valence-corrected chi connectivity index (χ4v) is 2.30. The number of hydrogen-bond acceptors (Lipinski definition) is 4. The van der Waals surface area contributed by atoms with Gasteiger partial charge in [0.25, 0.3) is 0 Å². The molecule has 0 aromatic heterocycles. The van der Waals surface area contributed by atoms with E-state index in [4.69, 9.17) is 15.6 Å². The minimum Gasteiger partial charge on any atom is -0.478 e. The summed E-state index contributed by atoms with van der Waals surface area (Å²) in [5, 5.41) is 8.86. The molecule has 1 aliphatic rings. The summed E-state index contributed by atoms with van der Waals surface area (Å²) >= 11 is 0. The van der Waals surface area contributed by atoms with Crippen LogP contribution in [-0.2, 0) is 4.74 Å². The van der Waals surface area contributed by atoms with Crippen molar-refractivity contribution in [2.45, 2.75) is 19.4 Å². The average Bonchev–Trinajstić information content (AvgIpc) is 2.40. The molecule has 0 radical (unpaired) electrons. The van der Waals surface area contributed by atoms with E-state index in [1.165, 1.54) is 12.1 Å². The number of anilines is 2. The molecule has 0 spiro atoms. The lowest BCUT2D eigenvalue weighted by Crippen LogP contribution is -2.45. The number of morpholine rings is 1. The number of hydrogen-bond donors (Lipinski definition) is 2. The predicted octanol–water partition coefficient (Wildman–Crippen LogP) is 1.72. The van der Waals surface area contributed by atoms with Gasteiger partial charge >= 0.3 is 5.97 Å².